The summed E-state index contributed by atoms with van der Waals surface area (Å²) < 4.78 is 10.6. The lowest BCUT2D eigenvalue weighted by atomic mass is 10.1. The molecule has 2 aromatic rings. The van der Waals surface area contributed by atoms with Crippen molar-refractivity contribution in [3.63, 3.8) is 0 Å². The number of ether oxygens (including phenoxy) is 2. The van der Waals surface area contributed by atoms with Gasteiger partial charge < -0.3 is 19.7 Å². The molecule has 1 N–H and O–H groups in total. The number of carbonyl (C=O) groups excluding carboxylic acids is 1. The van der Waals surface area contributed by atoms with E-state index in [1.54, 1.807) is 6.07 Å². The van der Waals surface area contributed by atoms with E-state index in [2.05, 4.69) is 34.5 Å². The van der Waals surface area contributed by atoms with Crippen LogP contribution in [0.1, 0.15) is 18.4 Å². The monoisotopic (exact) mass is 367 g/mol. The maximum absolute atomic E-state index is 12.4. The van der Waals surface area contributed by atoms with Gasteiger partial charge in [-0.15, -0.1) is 0 Å². The summed E-state index contributed by atoms with van der Waals surface area (Å²) in [5.41, 5.74) is 3.27. The van der Waals surface area contributed by atoms with Crippen molar-refractivity contribution in [3.05, 3.63) is 48.0 Å². The van der Waals surface area contributed by atoms with Crippen LogP contribution < -0.4 is 19.7 Å². The van der Waals surface area contributed by atoms with Crippen molar-refractivity contribution in [3.8, 4) is 11.5 Å². The number of para-hydroxylation sites is 1. The summed E-state index contributed by atoms with van der Waals surface area (Å²) in [4.78, 5) is 16.9. The summed E-state index contributed by atoms with van der Waals surface area (Å²) in [5.74, 6) is 1.33. The van der Waals surface area contributed by atoms with E-state index in [1.165, 1.54) is 24.1 Å². The van der Waals surface area contributed by atoms with Gasteiger partial charge in [0.25, 0.3) is 0 Å². The van der Waals surface area contributed by atoms with Crippen LogP contribution >= 0.6 is 0 Å². The number of hydrogen-bond donors (Lipinski definition) is 1. The lowest BCUT2D eigenvalue weighted by Gasteiger charge is -2.24. The van der Waals surface area contributed by atoms with Crippen molar-refractivity contribution in [2.45, 2.75) is 19.4 Å². The van der Waals surface area contributed by atoms with Crippen molar-refractivity contribution in [2.75, 3.05) is 43.7 Å². The van der Waals surface area contributed by atoms with Crippen molar-refractivity contribution in [1.29, 1.82) is 0 Å². The lowest BCUT2D eigenvalue weighted by Crippen LogP contribution is -2.30. The molecule has 27 heavy (non-hydrogen) atoms. The van der Waals surface area contributed by atoms with E-state index in [9.17, 15) is 4.79 Å². The van der Waals surface area contributed by atoms with Gasteiger partial charge in [0.1, 0.15) is 0 Å². The van der Waals surface area contributed by atoms with Crippen molar-refractivity contribution >= 4 is 17.3 Å². The molecule has 2 aromatic carbocycles. The molecular formula is C21H25N3O3. The fourth-order valence-electron chi connectivity index (χ4n) is 3.68. The molecule has 1 amide bonds. The van der Waals surface area contributed by atoms with Gasteiger partial charge in [-0.25, -0.2) is 0 Å². The van der Waals surface area contributed by atoms with Gasteiger partial charge in [0.2, 0.25) is 12.7 Å². The SMILES string of the molecule is CN(CC(=O)Nc1ccc2c(c1)OCO2)Cc1ccccc1N1CCCC1. The van der Waals surface area contributed by atoms with E-state index >= 15 is 0 Å². The number of benzene rings is 2. The molecule has 6 nitrogen and oxygen atoms in total. The fraction of sp³-hybridized carbons (Fsp3) is 0.381. The summed E-state index contributed by atoms with van der Waals surface area (Å²) in [6.07, 6.45) is 2.50. The van der Waals surface area contributed by atoms with E-state index in [0.717, 1.165) is 25.3 Å². The van der Waals surface area contributed by atoms with Crippen molar-refractivity contribution in [2.24, 2.45) is 0 Å². The van der Waals surface area contributed by atoms with E-state index in [-0.39, 0.29) is 12.7 Å². The second kappa shape index (κ2) is 7.88. The molecule has 0 radical (unpaired) electrons. The zero-order chi connectivity index (χ0) is 18.6. The van der Waals surface area contributed by atoms with Crippen LogP contribution in [0.4, 0.5) is 11.4 Å². The normalized spacial score (nSPS) is 15.4. The van der Waals surface area contributed by atoms with E-state index in [4.69, 9.17) is 9.47 Å². The zero-order valence-electron chi connectivity index (χ0n) is 15.6. The smallest absolute Gasteiger partial charge is 0.238 e. The van der Waals surface area contributed by atoms with Crippen LogP contribution in [-0.2, 0) is 11.3 Å². The Morgan fingerprint density at radius 1 is 1.11 bits per heavy atom. The van der Waals surface area contributed by atoms with E-state index in [1.807, 2.05) is 24.1 Å². The Morgan fingerprint density at radius 3 is 2.74 bits per heavy atom. The van der Waals surface area contributed by atoms with Crippen LogP contribution in [-0.4, -0.2) is 44.3 Å². The number of nitrogens with zero attached hydrogens (tertiary/aromatic N) is 2. The molecule has 2 heterocycles. The topological polar surface area (TPSA) is 54.0 Å². The molecule has 1 fully saturated rings. The van der Waals surface area contributed by atoms with Gasteiger partial charge in [0.15, 0.2) is 11.5 Å². The zero-order valence-corrected chi connectivity index (χ0v) is 15.6. The van der Waals surface area contributed by atoms with E-state index < -0.39 is 0 Å². The Bertz CT molecular complexity index is 818. The molecule has 0 spiro atoms. The van der Waals surface area contributed by atoms with Crippen LogP contribution in [0.15, 0.2) is 42.5 Å². The molecule has 1 saturated heterocycles. The third-order valence-electron chi connectivity index (χ3n) is 4.95. The Labute approximate surface area is 159 Å². The van der Waals surface area contributed by atoms with Gasteiger partial charge in [-0.3, -0.25) is 9.69 Å². The van der Waals surface area contributed by atoms with Crippen molar-refractivity contribution < 1.29 is 14.3 Å². The van der Waals surface area contributed by atoms with Gasteiger partial charge in [0.05, 0.1) is 6.54 Å². The molecule has 2 aliphatic heterocycles. The van der Waals surface area contributed by atoms with Gasteiger partial charge in [0, 0.05) is 37.1 Å². The Kier molecular flexibility index (Phi) is 5.16. The molecule has 0 aromatic heterocycles. The first-order valence-electron chi connectivity index (χ1n) is 9.40. The average molecular weight is 367 g/mol. The first kappa shape index (κ1) is 17.7. The van der Waals surface area contributed by atoms with Gasteiger partial charge >= 0.3 is 0 Å². The summed E-state index contributed by atoms with van der Waals surface area (Å²) >= 11 is 0. The molecule has 0 aliphatic carbocycles. The highest BCUT2D eigenvalue weighted by Crippen LogP contribution is 2.34. The highest BCUT2D eigenvalue weighted by atomic mass is 16.7. The third-order valence-corrected chi connectivity index (χ3v) is 4.95. The number of carbonyl (C=O) groups is 1. The minimum absolute atomic E-state index is 0.0463. The molecule has 0 saturated carbocycles. The quantitative estimate of drug-likeness (QED) is 0.850. The van der Waals surface area contributed by atoms with Gasteiger partial charge in [-0.05, 0) is 43.7 Å². The number of likely N-dealkylation sites (N-methyl/N-ethyl adjacent to an activating group) is 1. The second-order valence-corrected chi connectivity index (χ2v) is 7.11. The summed E-state index contributed by atoms with van der Waals surface area (Å²) in [7, 11) is 1.97. The molecule has 6 heteroatoms. The number of rotatable bonds is 6. The van der Waals surface area contributed by atoms with E-state index in [0.29, 0.717) is 18.0 Å². The number of amides is 1. The minimum atomic E-state index is -0.0463. The first-order valence-corrected chi connectivity index (χ1v) is 9.40. The number of nitrogens with one attached hydrogen (secondary N) is 1. The standard InChI is InChI=1S/C21H25N3O3/c1-23(13-16-6-2-3-7-18(16)24-10-4-5-11-24)14-21(25)22-17-8-9-19-20(12-17)27-15-26-19/h2-3,6-9,12H,4-5,10-11,13-15H2,1H3,(H,22,25). The minimum Gasteiger partial charge on any atom is -0.454 e. The highest BCUT2D eigenvalue weighted by Gasteiger charge is 2.17. The number of anilines is 2. The fourth-order valence-corrected chi connectivity index (χ4v) is 3.68. The Balaban J connectivity index is 1.35. The maximum atomic E-state index is 12.4. The van der Waals surface area contributed by atoms with Crippen molar-refractivity contribution in [1.82, 2.24) is 4.90 Å². The van der Waals surface area contributed by atoms with Crippen LogP contribution in [0.2, 0.25) is 0 Å². The van der Waals surface area contributed by atoms with Gasteiger partial charge in [-0.2, -0.15) is 0 Å². The predicted octanol–water partition coefficient (Wildman–Crippen LogP) is 3.09. The van der Waals surface area contributed by atoms with Crippen LogP contribution in [0.3, 0.4) is 0 Å². The maximum Gasteiger partial charge on any atom is 0.238 e. The highest BCUT2D eigenvalue weighted by molar-refractivity contribution is 5.92. The van der Waals surface area contributed by atoms with Gasteiger partial charge in [-0.1, -0.05) is 18.2 Å². The second-order valence-electron chi connectivity index (χ2n) is 7.11. The molecule has 0 unspecified atom stereocenters. The Morgan fingerprint density at radius 2 is 1.89 bits per heavy atom. The largest absolute Gasteiger partial charge is 0.454 e. The molecule has 4 rings (SSSR count). The summed E-state index contributed by atoms with van der Waals surface area (Å²) in [6, 6.07) is 13.9. The summed E-state index contributed by atoms with van der Waals surface area (Å²) in [5, 5.41) is 2.93. The molecule has 2 aliphatic rings. The molecule has 0 atom stereocenters. The number of hydrogen-bond acceptors (Lipinski definition) is 5. The molecular weight excluding hydrogens is 342 g/mol. The van der Waals surface area contributed by atoms with Crippen LogP contribution in [0, 0.1) is 0 Å². The molecule has 0 bridgehead atoms. The first-order chi connectivity index (χ1) is 13.2. The lowest BCUT2D eigenvalue weighted by molar-refractivity contribution is -0.117. The molecule has 142 valence electrons. The number of fused-ring (bicyclic) bond motifs is 1. The predicted molar refractivity (Wildman–Crippen MR) is 105 cm³/mol. The van der Waals surface area contributed by atoms with Crippen LogP contribution in [0.25, 0.3) is 0 Å². The average Bonchev–Trinajstić information content (AvgIpc) is 3.33. The van der Waals surface area contributed by atoms with Crippen LogP contribution in [0.5, 0.6) is 11.5 Å². The third kappa shape index (κ3) is 4.17. The Hall–Kier alpha value is -2.73. The summed E-state index contributed by atoms with van der Waals surface area (Å²) in [6.45, 7) is 3.52.